The van der Waals surface area contributed by atoms with Crippen LogP contribution in [-0.2, 0) is 15.3 Å². The van der Waals surface area contributed by atoms with Gasteiger partial charge in [0, 0.05) is 30.4 Å². The molecule has 0 bridgehead atoms. The van der Waals surface area contributed by atoms with Gasteiger partial charge in [-0.3, -0.25) is 4.79 Å². The van der Waals surface area contributed by atoms with Crippen LogP contribution in [0.1, 0.15) is 5.56 Å². The highest BCUT2D eigenvalue weighted by Crippen LogP contribution is 2.20. The predicted molar refractivity (Wildman–Crippen MR) is 83.2 cm³/mol. The van der Waals surface area contributed by atoms with Gasteiger partial charge in [0.15, 0.2) is 0 Å². The topological polar surface area (TPSA) is 50.4 Å². The van der Waals surface area contributed by atoms with Crippen molar-refractivity contribution in [2.24, 2.45) is 0 Å². The molecule has 0 unspecified atom stereocenters. The molecule has 1 saturated heterocycles. The number of hydrogen-bond donors (Lipinski definition) is 2. The number of halogens is 1. The monoisotopic (exact) mass is 314 g/mol. The summed E-state index contributed by atoms with van der Waals surface area (Å²) in [5.74, 6) is 1.22. The molecule has 20 heavy (non-hydrogen) atoms. The van der Waals surface area contributed by atoms with Gasteiger partial charge in [-0.2, -0.15) is 0 Å². The van der Waals surface area contributed by atoms with Crippen molar-refractivity contribution < 1.29 is 9.53 Å². The Morgan fingerprint density at radius 3 is 3.10 bits per heavy atom. The highest BCUT2D eigenvalue weighted by molar-refractivity contribution is 7.99. The number of hydrogen-bond acceptors (Lipinski definition) is 4. The van der Waals surface area contributed by atoms with Crippen molar-refractivity contribution in [3.63, 3.8) is 0 Å². The largest absolute Gasteiger partial charge is 0.374 e. The van der Waals surface area contributed by atoms with E-state index in [-0.39, 0.29) is 12.0 Å². The Kier molecular flexibility index (Phi) is 6.66. The molecule has 4 nitrogen and oxygen atoms in total. The maximum Gasteiger partial charge on any atom is 0.230 e. The first-order chi connectivity index (χ1) is 9.75. The normalized spacial score (nSPS) is 18.8. The number of carbonyl (C=O) groups excluding carboxylic acids is 1. The van der Waals surface area contributed by atoms with Crippen molar-refractivity contribution in [1.82, 2.24) is 10.6 Å². The average molecular weight is 315 g/mol. The van der Waals surface area contributed by atoms with Crippen molar-refractivity contribution in [2.75, 3.05) is 32.0 Å². The van der Waals surface area contributed by atoms with Crippen LogP contribution in [0.25, 0.3) is 0 Å². The Hall–Kier alpha value is -0.750. The number of rotatable bonds is 6. The number of amides is 1. The van der Waals surface area contributed by atoms with Crippen LogP contribution in [0.15, 0.2) is 24.3 Å². The third kappa shape index (κ3) is 5.32. The molecule has 0 radical (unpaired) electrons. The summed E-state index contributed by atoms with van der Waals surface area (Å²) in [5, 5.41) is 6.88. The van der Waals surface area contributed by atoms with Gasteiger partial charge in [-0.05, 0) is 11.6 Å². The highest BCUT2D eigenvalue weighted by atomic mass is 35.5. The van der Waals surface area contributed by atoms with Gasteiger partial charge in [0.2, 0.25) is 5.91 Å². The maximum absolute atomic E-state index is 11.7. The van der Waals surface area contributed by atoms with E-state index in [1.807, 2.05) is 24.3 Å². The second-order valence-electron chi connectivity index (χ2n) is 4.59. The first-order valence-electron chi connectivity index (χ1n) is 6.66. The van der Waals surface area contributed by atoms with Gasteiger partial charge in [-0.25, -0.2) is 0 Å². The Bertz CT molecular complexity index is 439. The molecule has 0 saturated carbocycles. The Morgan fingerprint density at radius 2 is 2.35 bits per heavy atom. The summed E-state index contributed by atoms with van der Waals surface area (Å²) in [6.07, 6.45) is 0.0845. The van der Waals surface area contributed by atoms with Crippen molar-refractivity contribution in [3.05, 3.63) is 34.9 Å². The van der Waals surface area contributed by atoms with E-state index in [4.69, 9.17) is 16.3 Å². The zero-order chi connectivity index (χ0) is 14.2. The van der Waals surface area contributed by atoms with E-state index in [1.54, 1.807) is 11.8 Å². The van der Waals surface area contributed by atoms with Gasteiger partial charge in [-0.15, -0.1) is 11.8 Å². The summed E-state index contributed by atoms with van der Waals surface area (Å²) in [6.45, 7) is 2.96. The van der Waals surface area contributed by atoms with E-state index >= 15 is 0 Å². The van der Waals surface area contributed by atoms with E-state index < -0.39 is 0 Å². The zero-order valence-electron chi connectivity index (χ0n) is 11.2. The fourth-order valence-electron chi connectivity index (χ4n) is 1.90. The predicted octanol–water partition coefficient (Wildman–Crippen LogP) is 1.68. The highest BCUT2D eigenvalue weighted by Gasteiger charge is 2.14. The molecule has 110 valence electrons. The molecular weight excluding hydrogens is 296 g/mol. The molecule has 2 rings (SSSR count). The number of thioether (sulfide) groups is 1. The molecule has 2 N–H and O–H groups in total. The van der Waals surface area contributed by atoms with E-state index in [2.05, 4.69) is 10.6 Å². The van der Waals surface area contributed by atoms with Gasteiger partial charge < -0.3 is 15.4 Å². The fraction of sp³-hybridized carbons (Fsp3) is 0.500. The number of morpholine rings is 1. The van der Waals surface area contributed by atoms with Crippen LogP contribution >= 0.6 is 23.4 Å². The third-order valence-corrected chi connectivity index (χ3v) is 4.33. The summed E-state index contributed by atoms with van der Waals surface area (Å²) in [5.41, 5.74) is 1.06. The van der Waals surface area contributed by atoms with Gasteiger partial charge in [0.25, 0.3) is 0 Å². The molecule has 1 aromatic carbocycles. The standard InChI is InChI=1S/C14H19ClN2O2S/c15-13-4-2-1-3-11(13)9-20-10-14(18)17-8-12-7-16-5-6-19-12/h1-4,12,16H,5-10H2,(H,17,18)/t12-/m0/s1. The average Bonchev–Trinajstić information content (AvgIpc) is 2.48. The lowest BCUT2D eigenvalue weighted by molar-refractivity contribution is -0.119. The molecule has 1 heterocycles. The van der Waals surface area contributed by atoms with Crippen molar-refractivity contribution in [2.45, 2.75) is 11.9 Å². The molecule has 1 aromatic rings. The minimum absolute atomic E-state index is 0.0382. The van der Waals surface area contributed by atoms with Crippen LogP contribution in [0, 0.1) is 0 Å². The summed E-state index contributed by atoms with van der Waals surface area (Å²) in [4.78, 5) is 11.7. The summed E-state index contributed by atoms with van der Waals surface area (Å²) < 4.78 is 5.52. The molecule has 1 aliphatic rings. The molecule has 1 amide bonds. The lowest BCUT2D eigenvalue weighted by atomic mass is 10.2. The summed E-state index contributed by atoms with van der Waals surface area (Å²) in [6, 6.07) is 7.70. The van der Waals surface area contributed by atoms with Gasteiger partial charge in [0.05, 0.1) is 18.5 Å². The second kappa shape index (κ2) is 8.52. The molecule has 0 spiro atoms. The first kappa shape index (κ1) is 15.6. The van der Waals surface area contributed by atoms with Crippen molar-refractivity contribution in [1.29, 1.82) is 0 Å². The summed E-state index contributed by atoms with van der Waals surface area (Å²) >= 11 is 7.63. The molecule has 1 fully saturated rings. The fourth-order valence-corrected chi connectivity index (χ4v) is 3.04. The van der Waals surface area contributed by atoms with Crippen LogP contribution in [-0.4, -0.2) is 44.0 Å². The van der Waals surface area contributed by atoms with E-state index in [1.165, 1.54) is 0 Å². The van der Waals surface area contributed by atoms with Gasteiger partial charge in [-0.1, -0.05) is 29.8 Å². The van der Waals surface area contributed by atoms with Crippen molar-refractivity contribution in [3.8, 4) is 0 Å². The van der Waals surface area contributed by atoms with Crippen LogP contribution in [0.4, 0.5) is 0 Å². The number of benzene rings is 1. The Labute approximate surface area is 128 Å². The Balaban J connectivity index is 1.61. The molecule has 0 aromatic heterocycles. The SMILES string of the molecule is O=C(CSCc1ccccc1Cl)NC[C@@H]1CNCCO1. The van der Waals surface area contributed by atoms with Gasteiger partial charge >= 0.3 is 0 Å². The third-order valence-electron chi connectivity index (χ3n) is 2.98. The Morgan fingerprint density at radius 1 is 1.50 bits per heavy atom. The van der Waals surface area contributed by atoms with Crippen LogP contribution in [0.2, 0.25) is 5.02 Å². The molecule has 0 aliphatic carbocycles. The molecular formula is C14H19ClN2O2S. The van der Waals surface area contributed by atoms with Gasteiger partial charge in [0.1, 0.15) is 0 Å². The van der Waals surface area contributed by atoms with E-state index in [9.17, 15) is 4.79 Å². The minimum atomic E-state index is 0.0382. The lowest BCUT2D eigenvalue weighted by Crippen LogP contribution is -2.45. The quantitative estimate of drug-likeness (QED) is 0.839. The molecule has 6 heteroatoms. The van der Waals surface area contributed by atoms with E-state index in [0.717, 1.165) is 29.4 Å². The minimum Gasteiger partial charge on any atom is -0.374 e. The first-order valence-corrected chi connectivity index (χ1v) is 8.19. The van der Waals surface area contributed by atoms with Crippen LogP contribution in [0.3, 0.4) is 0 Å². The number of nitrogens with one attached hydrogen (secondary N) is 2. The second-order valence-corrected chi connectivity index (χ2v) is 5.98. The smallest absolute Gasteiger partial charge is 0.230 e. The lowest BCUT2D eigenvalue weighted by Gasteiger charge is -2.23. The number of carbonyl (C=O) groups is 1. The molecule has 1 atom stereocenters. The van der Waals surface area contributed by atoms with Crippen LogP contribution in [0.5, 0.6) is 0 Å². The van der Waals surface area contributed by atoms with Crippen molar-refractivity contribution >= 4 is 29.3 Å². The number of ether oxygens (including phenoxy) is 1. The maximum atomic E-state index is 11.7. The zero-order valence-corrected chi connectivity index (χ0v) is 12.8. The van der Waals surface area contributed by atoms with E-state index in [0.29, 0.717) is 18.9 Å². The molecule has 1 aliphatic heterocycles. The summed E-state index contributed by atoms with van der Waals surface area (Å²) in [7, 11) is 0. The van der Waals surface area contributed by atoms with Crippen LogP contribution < -0.4 is 10.6 Å².